The molecule has 70 valence electrons. The summed E-state index contributed by atoms with van der Waals surface area (Å²) < 4.78 is 4.30. The molecule has 6 heteroatoms. The van der Waals surface area contributed by atoms with Crippen molar-refractivity contribution in [2.24, 2.45) is 5.41 Å². The van der Waals surface area contributed by atoms with E-state index in [0.717, 1.165) is 7.11 Å². The van der Waals surface area contributed by atoms with Gasteiger partial charge in [0.05, 0.1) is 13.7 Å². The Kier molecular flexibility index (Phi) is 3.62. The molecule has 0 saturated heterocycles. The Morgan fingerprint density at radius 3 is 2.50 bits per heavy atom. The number of hydrogen-bond donors (Lipinski definition) is 1. The van der Waals surface area contributed by atoms with Gasteiger partial charge in [-0.05, 0) is 6.92 Å². The number of carbonyl (C=O) groups is 1. The van der Waals surface area contributed by atoms with Gasteiger partial charge in [0.15, 0.2) is 5.41 Å². The first-order valence-corrected chi connectivity index (χ1v) is 3.27. The maximum atomic E-state index is 10.9. The Balaban J connectivity index is 4.44. The number of aliphatic hydroxyl groups is 1. The Morgan fingerprint density at radius 2 is 2.25 bits per heavy atom. The van der Waals surface area contributed by atoms with E-state index in [2.05, 4.69) is 4.74 Å². The fourth-order valence-corrected chi connectivity index (χ4v) is 0.710. The fraction of sp³-hybridized carbons (Fsp3) is 0.833. The summed E-state index contributed by atoms with van der Waals surface area (Å²) in [5.41, 5.74) is -1.43. The molecular formula is C6H11NO5. The molecular weight excluding hydrogens is 166 g/mol. The van der Waals surface area contributed by atoms with Crippen molar-refractivity contribution in [2.75, 3.05) is 20.3 Å². The van der Waals surface area contributed by atoms with Crippen LogP contribution in [0.2, 0.25) is 0 Å². The average Bonchev–Trinajstić information content (AvgIpc) is 2.01. The Labute approximate surface area is 69.3 Å². The van der Waals surface area contributed by atoms with Crippen LogP contribution in [0.4, 0.5) is 0 Å². The van der Waals surface area contributed by atoms with Gasteiger partial charge in [-0.2, -0.15) is 0 Å². The normalized spacial score (nSPS) is 14.9. The van der Waals surface area contributed by atoms with Gasteiger partial charge in [-0.3, -0.25) is 14.9 Å². The number of carbonyl (C=O) groups excluding carboxylic acids is 1. The second-order valence-corrected chi connectivity index (χ2v) is 2.70. The number of nitrogens with zero attached hydrogens (tertiary/aromatic N) is 1. The van der Waals surface area contributed by atoms with Crippen molar-refractivity contribution in [1.29, 1.82) is 0 Å². The summed E-state index contributed by atoms with van der Waals surface area (Å²) in [6, 6.07) is 0. The van der Waals surface area contributed by atoms with Crippen molar-refractivity contribution in [3.63, 3.8) is 0 Å². The van der Waals surface area contributed by atoms with Crippen molar-refractivity contribution >= 4 is 5.97 Å². The van der Waals surface area contributed by atoms with Crippen molar-refractivity contribution in [3.05, 3.63) is 10.1 Å². The van der Waals surface area contributed by atoms with E-state index in [1.54, 1.807) is 0 Å². The van der Waals surface area contributed by atoms with E-state index in [1.807, 2.05) is 0 Å². The predicted molar refractivity (Wildman–Crippen MR) is 39.1 cm³/mol. The lowest BCUT2D eigenvalue weighted by molar-refractivity contribution is -0.494. The smallest absolute Gasteiger partial charge is 0.320 e. The molecule has 0 aromatic carbocycles. The van der Waals surface area contributed by atoms with Crippen molar-refractivity contribution in [1.82, 2.24) is 0 Å². The molecule has 0 aliphatic rings. The monoisotopic (exact) mass is 177 g/mol. The summed E-state index contributed by atoms with van der Waals surface area (Å²) in [5, 5.41) is 18.8. The van der Waals surface area contributed by atoms with Gasteiger partial charge in [0, 0.05) is 4.92 Å². The summed E-state index contributed by atoms with van der Waals surface area (Å²) in [5.74, 6) is -0.776. The number of nitro groups is 1. The standard InChI is InChI=1S/C6H11NO5/c1-6(4-8,3-7(10)11)5(9)12-2/h8H,3-4H2,1-2H3. The molecule has 1 unspecified atom stereocenters. The Morgan fingerprint density at radius 1 is 1.75 bits per heavy atom. The van der Waals surface area contributed by atoms with Crippen LogP contribution in [0.25, 0.3) is 0 Å². The highest BCUT2D eigenvalue weighted by Crippen LogP contribution is 2.17. The van der Waals surface area contributed by atoms with E-state index in [9.17, 15) is 14.9 Å². The summed E-state index contributed by atoms with van der Waals surface area (Å²) in [6.07, 6.45) is 0. The predicted octanol–water partition coefficient (Wildman–Crippen LogP) is -0.565. The van der Waals surface area contributed by atoms with Crippen LogP contribution in [0.15, 0.2) is 0 Å². The maximum Gasteiger partial charge on any atom is 0.320 e. The molecule has 0 aliphatic heterocycles. The van der Waals surface area contributed by atoms with Crippen LogP contribution in [-0.2, 0) is 9.53 Å². The van der Waals surface area contributed by atoms with Crippen LogP contribution in [0.1, 0.15) is 6.92 Å². The summed E-state index contributed by atoms with van der Waals surface area (Å²) in [7, 11) is 1.12. The number of esters is 1. The third-order valence-electron chi connectivity index (χ3n) is 1.51. The van der Waals surface area contributed by atoms with Gasteiger partial charge in [-0.1, -0.05) is 0 Å². The quantitative estimate of drug-likeness (QED) is 0.353. The van der Waals surface area contributed by atoms with Gasteiger partial charge >= 0.3 is 5.97 Å². The zero-order valence-corrected chi connectivity index (χ0v) is 6.94. The molecule has 1 atom stereocenters. The van der Waals surface area contributed by atoms with E-state index in [0.29, 0.717) is 0 Å². The number of methoxy groups -OCH3 is 1. The van der Waals surface area contributed by atoms with Crippen LogP contribution in [-0.4, -0.2) is 36.3 Å². The van der Waals surface area contributed by atoms with E-state index in [-0.39, 0.29) is 0 Å². The molecule has 0 aromatic rings. The molecule has 0 aliphatic carbocycles. The number of aliphatic hydroxyl groups excluding tert-OH is 1. The summed E-state index contributed by atoms with van der Waals surface area (Å²) in [6.45, 7) is 0.0540. The Hall–Kier alpha value is -1.17. The molecule has 0 rings (SSSR count). The minimum Gasteiger partial charge on any atom is -0.468 e. The first-order chi connectivity index (χ1) is 5.46. The molecule has 0 saturated carbocycles. The molecule has 0 bridgehead atoms. The summed E-state index contributed by atoms with van der Waals surface area (Å²) in [4.78, 5) is 20.3. The lowest BCUT2D eigenvalue weighted by Crippen LogP contribution is -2.39. The van der Waals surface area contributed by atoms with Crippen LogP contribution >= 0.6 is 0 Å². The van der Waals surface area contributed by atoms with Gasteiger partial charge < -0.3 is 9.84 Å². The minimum atomic E-state index is -1.43. The van der Waals surface area contributed by atoms with Crippen molar-refractivity contribution in [3.8, 4) is 0 Å². The zero-order chi connectivity index (χ0) is 9.78. The average molecular weight is 177 g/mol. The molecule has 6 nitrogen and oxygen atoms in total. The van der Waals surface area contributed by atoms with Crippen LogP contribution in [0.3, 0.4) is 0 Å². The largest absolute Gasteiger partial charge is 0.468 e. The highest BCUT2D eigenvalue weighted by Gasteiger charge is 2.39. The van der Waals surface area contributed by atoms with Crippen molar-refractivity contribution in [2.45, 2.75) is 6.92 Å². The van der Waals surface area contributed by atoms with E-state index in [4.69, 9.17) is 5.11 Å². The minimum absolute atomic E-state index is 0.597. The molecule has 0 heterocycles. The van der Waals surface area contributed by atoms with Gasteiger partial charge in [0.25, 0.3) is 0 Å². The molecule has 0 aromatic heterocycles. The second kappa shape index (κ2) is 4.01. The number of ether oxygens (including phenoxy) is 1. The second-order valence-electron chi connectivity index (χ2n) is 2.70. The van der Waals surface area contributed by atoms with Crippen LogP contribution in [0.5, 0.6) is 0 Å². The van der Waals surface area contributed by atoms with Crippen LogP contribution < -0.4 is 0 Å². The third-order valence-corrected chi connectivity index (χ3v) is 1.51. The highest BCUT2D eigenvalue weighted by atomic mass is 16.6. The first-order valence-electron chi connectivity index (χ1n) is 3.27. The number of rotatable bonds is 4. The molecule has 1 N–H and O–H groups in total. The SMILES string of the molecule is COC(=O)C(C)(CO)C[N+](=O)[O-]. The third kappa shape index (κ3) is 2.46. The number of hydrogen-bond acceptors (Lipinski definition) is 5. The molecule has 0 spiro atoms. The van der Waals surface area contributed by atoms with Gasteiger partial charge in [-0.25, -0.2) is 0 Å². The highest BCUT2D eigenvalue weighted by molar-refractivity contribution is 5.76. The lowest BCUT2D eigenvalue weighted by atomic mass is 9.92. The zero-order valence-electron chi connectivity index (χ0n) is 6.94. The van der Waals surface area contributed by atoms with Crippen LogP contribution in [0, 0.1) is 15.5 Å². The van der Waals surface area contributed by atoms with Gasteiger partial charge in [-0.15, -0.1) is 0 Å². The van der Waals surface area contributed by atoms with Gasteiger partial charge in [0.1, 0.15) is 0 Å². The van der Waals surface area contributed by atoms with E-state index < -0.39 is 29.5 Å². The lowest BCUT2D eigenvalue weighted by Gasteiger charge is -2.18. The molecule has 0 amide bonds. The van der Waals surface area contributed by atoms with E-state index in [1.165, 1.54) is 6.92 Å². The maximum absolute atomic E-state index is 10.9. The molecule has 0 fully saturated rings. The van der Waals surface area contributed by atoms with E-state index >= 15 is 0 Å². The summed E-state index contributed by atoms with van der Waals surface area (Å²) >= 11 is 0. The van der Waals surface area contributed by atoms with Crippen molar-refractivity contribution < 1.29 is 19.6 Å². The Bertz CT molecular complexity index is 192. The molecule has 0 radical (unpaired) electrons. The topological polar surface area (TPSA) is 89.7 Å². The molecule has 12 heavy (non-hydrogen) atoms. The fourth-order valence-electron chi connectivity index (χ4n) is 0.710. The first kappa shape index (κ1) is 10.8. The van der Waals surface area contributed by atoms with Gasteiger partial charge in [0.2, 0.25) is 6.54 Å².